The predicted octanol–water partition coefficient (Wildman–Crippen LogP) is 5.58. The second-order valence-electron chi connectivity index (χ2n) is 8.53. The van der Waals surface area contributed by atoms with E-state index in [1.54, 1.807) is 16.2 Å². The minimum atomic E-state index is -0.529. The number of benzene rings is 1. The van der Waals surface area contributed by atoms with Crippen molar-refractivity contribution in [3.05, 3.63) is 34.2 Å². The normalized spacial score (nSPS) is 14.0. The minimum Gasteiger partial charge on any atom is -0.444 e. The van der Waals surface area contributed by atoms with Gasteiger partial charge in [0.15, 0.2) is 0 Å². The number of ether oxygens (including phenoxy) is 1. The molecular weight excluding hydrogens is 418 g/mol. The van der Waals surface area contributed by atoms with Crippen molar-refractivity contribution in [2.24, 2.45) is 0 Å². The third kappa shape index (κ3) is 4.20. The van der Waals surface area contributed by atoms with Crippen LogP contribution in [-0.2, 0) is 22.5 Å². The zero-order valence-electron chi connectivity index (χ0n) is 17.8. The molecule has 3 aromatic rings. The maximum absolute atomic E-state index is 12.5. The summed E-state index contributed by atoms with van der Waals surface area (Å²) in [5, 5.41) is 4.68. The highest BCUT2D eigenvalue weighted by molar-refractivity contribution is 7.23. The number of nitrogens with zero attached hydrogens (tertiary/aromatic N) is 2. The third-order valence-electron chi connectivity index (χ3n) is 4.76. The van der Waals surface area contributed by atoms with Crippen LogP contribution in [-0.4, -0.2) is 34.0 Å². The maximum atomic E-state index is 12.5. The highest BCUT2D eigenvalue weighted by atomic mass is 32.1. The summed E-state index contributed by atoms with van der Waals surface area (Å²) in [5.41, 5.74) is 3.78. The van der Waals surface area contributed by atoms with Crippen molar-refractivity contribution >= 4 is 49.9 Å². The van der Waals surface area contributed by atoms with Gasteiger partial charge in [0.25, 0.3) is 0 Å². The molecule has 0 fully saturated rings. The molecule has 0 saturated heterocycles. The van der Waals surface area contributed by atoms with E-state index in [0.717, 1.165) is 30.7 Å². The van der Waals surface area contributed by atoms with Crippen molar-refractivity contribution in [2.45, 2.75) is 53.2 Å². The van der Waals surface area contributed by atoms with Gasteiger partial charge in [0, 0.05) is 23.9 Å². The monoisotopic (exact) mass is 443 g/mol. The Morgan fingerprint density at radius 1 is 1.23 bits per heavy atom. The van der Waals surface area contributed by atoms with Crippen molar-refractivity contribution in [3.63, 3.8) is 0 Å². The third-order valence-corrected chi connectivity index (χ3v) is 6.92. The average molecular weight is 444 g/mol. The lowest BCUT2D eigenvalue weighted by molar-refractivity contribution is -0.114. The highest BCUT2D eigenvalue weighted by Gasteiger charge is 2.31. The molecule has 0 saturated carbocycles. The van der Waals surface area contributed by atoms with E-state index in [1.807, 2.05) is 26.8 Å². The molecule has 0 atom stereocenters. The number of amides is 2. The molecule has 1 aromatic carbocycles. The summed E-state index contributed by atoms with van der Waals surface area (Å²) in [7, 11) is 0. The molecule has 1 aliphatic heterocycles. The molecule has 1 N–H and O–H groups in total. The van der Waals surface area contributed by atoms with Crippen LogP contribution < -0.4 is 5.32 Å². The number of hydrogen-bond acceptors (Lipinski definition) is 6. The molecule has 2 aromatic heterocycles. The van der Waals surface area contributed by atoms with E-state index in [2.05, 4.69) is 24.4 Å². The van der Waals surface area contributed by atoms with Crippen LogP contribution in [0, 0.1) is 6.92 Å². The number of aryl methyl sites for hydroxylation is 1. The first-order valence-corrected chi connectivity index (χ1v) is 11.5. The van der Waals surface area contributed by atoms with Crippen molar-refractivity contribution < 1.29 is 14.3 Å². The Morgan fingerprint density at radius 2 is 2.00 bits per heavy atom. The van der Waals surface area contributed by atoms with Gasteiger partial charge in [-0.25, -0.2) is 9.78 Å². The summed E-state index contributed by atoms with van der Waals surface area (Å²) in [6, 6.07) is 6.23. The lowest BCUT2D eigenvalue weighted by atomic mass is 10.0. The average Bonchev–Trinajstić information content (AvgIpc) is 3.18. The van der Waals surface area contributed by atoms with Crippen molar-refractivity contribution in [1.82, 2.24) is 9.88 Å². The maximum Gasteiger partial charge on any atom is 0.410 e. The molecule has 1 aliphatic rings. The molecule has 4 rings (SSSR count). The zero-order valence-corrected chi connectivity index (χ0v) is 19.4. The van der Waals surface area contributed by atoms with Crippen molar-refractivity contribution in [2.75, 3.05) is 11.9 Å². The molecule has 3 heterocycles. The molecule has 0 spiro atoms. The topological polar surface area (TPSA) is 71.5 Å². The van der Waals surface area contributed by atoms with Crippen LogP contribution in [0.1, 0.15) is 43.7 Å². The van der Waals surface area contributed by atoms with E-state index >= 15 is 0 Å². The standard InChI is InChI=1S/C22H25N3O3S2/c1-12-6-7-15-16(10-12)29-20(24-15)18-14-8-9-25(21(27)28-22(3,4)5)11-17(14)30-19(18)23-13(2)26/h6-7,10H,8-9,11H2,1-5H3,(H,23,26). The van der Waals surface area contributed by atoms with E-state index in [1.165, 1.54) is 29.4 Å². The fourth-order valence-corrected chi connectivity index (χ4v) is 6.02. The summed E-state index contributed by atoms with van der Waals surface area (Å²) in [5.74, 6) is -0.115. The second-order valence-corrected chi connectivity index (χ2v) is 10.7. The lowest BCUT2D eigenvalue weighted by Gasteiger charge is -2.30. The van der Waals surface area contributed by atoms with Crippen LogP contribution in [0.25, 0.3) is 20.8 Å². The minimum absolute atomic E-state index is 0.115. The first kappa shape index (κ1) is 20.8. The Bertz CT molecular complexity index is 1140. The first-order chi connectivity index (χ1) is 14.1. The quantitative estimate of drug-likeness (QED) is 0.561. The number of carbonyl (C=O) groups is 2. The summed E-state index contributed by atoms with van der Waals surface area (Å²) in [4.78, 5) is 32.0. The van der Waals surface area contributed by atoms with Crippen molar-refractivity contribution in [1.29, 1.82) is 0 Å². The summed E-state index contributed by atoms with van der Waals surface area (Å²) in [6.07, 6.45) is 0.397. The summed E-state index contributed by atoms with van der Waals surface area (Å²) >= 11 is 3.16. The van der Waals surface area contributed by atoms with Gasteiger partial charge in [0.1, 0.15) is 15.6 Å². The number of aromatic nitrogens is 1. The van der Waals surface area contributed by atoms with Crippen LogP contribution in [0.3, 0.4) is 0 Å². The first-order valence-electron chi connectivity index (χ1n) is 9.88. The molecular formula is C22H25N3O3S2. The van der Waals surface area contributed by atoms with E-state index in [9.17, 15) is 9.59 Å². The van der Waals surface area contributed by atoms with Gasteiger partial charge in [-0.1, -0.05) is 6.07 Å². The zero-order chi connectivity index (χ0) is 21.6. The second kappa shape index (κ2) is 7.67. The van der Waals surface area contributed by atoms with Gasteiger partial charge in [-0.3, -0.25) is 4.79 Å². The van der Waals surface area contributed by atoms with E-state index < -0.39 is 5.60 Å². The van der Waals surface area contributed by atoms with Gasteiger partial charge >= 0.3 is 6.09 Å². The number of nitrogens with one attached hydrogen (secondary N) is 1. The molecule has 0 bridgehead atoms. The van der Waals surface area contributed by atoms with Gasteiger partial charge in [0.2, 0.25) is 5.91 Å². The predicted molar refractivity (Wildman–Crippen MR) is 122 cm³/mol. The Morgan fingerprint density at radius 3 is 2.70 bits per heavy atom. The van der Waals surface area contributed by atoms with Gasteiger partial charge in [-0.15, -0.1) is 22.7 Å². The van der Waals surface area contributed by atoms with Gasteiger partial charge in [0.05, 0.1) is 16.8 Å². The molecule has 0 unspecified atom stereocenters. The number of thiophene rings is 1. The smallest absolute Gasteiger partial charge is 0.410 e. The molecule has 0 radical (unpaired) electrons. The van der Waals surface area contributed by atoms with Crippen LogP contribution in [0.5, 0.6) is 0 Å². The number of thiazole rings is 1. The molecule has 0 aliphatic carbocycles. The number of fused-ring (bicyclic) bond motifs is 2. The van der Waals surface area contributed by atoms with Crippen LogP contribution in [0.4, 0.5) is 9.80 Å². The summed E-state index contributed by atoms with van der Waals surface area (Å²) < 4.78 is 6.67. The molecule has 2 amide bonds. The van der Waals surface area contributed by atoms with Gasteiger partial charge in [-0.05, 0) is 57.4 Å². The largest absolute Gasteiger partial charge is 0.444 e. The highest BCUT2D eigenvalue weighted by Crippen LogP contribution is 2.45. The van der Waals surface area contributed by atoms with Crippen LogP contribution in [0.2, 0.25) is 0 Å². The molecule has 30 heavy (non-hydrogen) atoms. The number of hydrogen-bond donors (Lipinski definition) is 1. The van der Waals surface area contributed by atoms with Gasteiger partial charge in [-0.2, -0.15) is 0 Å². The Labute approximate surface area is 183 Å². The fraction of sp³-hybridized carbons (Fsp3) is 0.409. The van der Waals surface area contributed by atoms with E-state index in [-0.39, 0.29) is 12.0 Å². The van der Waals surface area contributed by atoms with Crippen LogP contribution in [0.15, 0.2) is 18.2 Å². The summed E-state index contributed by atoms with van der Waals surface area (Å²) in [6.45, 7) is 10.2. The van der Waals surface area contributed by atoms with E-state index in [0.29, 0.717) is 19.5 Å². The van der Waals surface area contributed by atoms with Crippen LogP contribution >= 0.6 is 22.7 Å². The number of carbonyl (C=O) groups excluding carboxylic acids is 2. The Kier molecular flexibility index (Phi) is 5.32. The Hall–Kier alpha value is -2.45. The molecule has 158 valence electrons. The number of rotatable bonds is 2. The SMILES string of the molecule is CC(=O)Nc1sc2c(c1-c1nc3ccc(C)cc3s1)CCN(C(=O)OC(C)(C)C)C2. The lowest BCUT2D eigenvalue weighted by Crippen LogP contribution is -2.39. The molecule has 6 nitrogen and oxygen atoms in total. The Balaban J connectivity index is 1.73. The van der Waals surface area contributed by atoms with Gasteiger partial charge < -0.3 is 15.0 Å². The van der Waals surface area contributed by atoms with Crippen molar-refractivity contribution in [3.8, 4) is 10.6 Å². The molecule has 8 heteroatoms. The number of anilines is 1. The fourth-order valence-electron chi connectivity index (χ4n) is 3.50. The van der Waals surface area contributed by atoms with E-state index in [4.69, 9.17) is 9.72 Å².